The van der Waals surface area contributed by atoms with Gasteiger partial charge in [0.05, 0.1) is 47.5 Å². The van der Waals surface area contributed by atoms with Crippen molar-refractivity contribution in [1.29, 1.82) is 0 Å². The summed E-state index contributed by atoms with van der Waals surface area (Å²) in [5.41, 5.74) is 8.55. The van der Waals surface area contributed by atoms with Gasteiger partial charge in [0.1, 0.15) is 29.0 Å². The summed E-state index contributed by atoms with van der Waals surface area (Å²) in [7, 11) is 1.34. The van der Waals surface area contributed by atoms with Gasteiger partial charge in [-0.25, -0.2) is 9.37 Å². The molecule has 2 aliphatic rings. The first-order valence-corrected chi connectivity index (χ1v) is 24.3. The van der Waals surface area contributed by atoms with Gasteiger partial charge in [-0.1, -0.05) is 75.4 Å². The molecule has 18 heteroatoms. The fourth-order valence-corrected chi connectivity index (χ4v) is 10.8. The minimum absolute atomic E-state index is 0.0237. The summed E-state index contributed by atoms with van der Waals surface area (Å²) in [5.74, 6) is -1.67. The van der Waals surface area contributed by atoms with Crippen LogP contribution in [-0.2, 0) is 23.9 Å². The molecule has 1 unspecified atom stereocenters. The molecular formula is C51H55FN8O7S2. The van der Waals surface area contributed by atoms with Crippen LogP contribution >= 0.6 is 22.7 Å². The number of esters is 1. The van der Waals surface area contributed by atoms with E-state index in [1.165, 1.54) is 24.1 Å². The summed E-state index contributed by atoms with van der Waals surface area (Å²) in [6, 6.07) is 16.7. The Labute approximate surface area is 407 Å². The van der Waals surface area contributed by atoms with Gasteiger partial charge in [-0.2, -0.15) is 0 Å². The molecule has 69 heavy (non-hydrogen) atoms. The van der Waals surface area contributed by atoms with Crippen LogP contribution in [0, 0.1) is 38.9 Å². The largest absolute Gasteiger partial charge is 0.481 e. The Kier molecular flexibility index (Phi) is 14.0. The van der Waals surface area contributed by atoms with E-state index in [1.54, 1.807) is 55.0 Å². The molecule has 360 valence electrons. The second-order valence-corrected chi connectivity index (χ2v) is 20.6. The van der Waals surface area contributed by atoms with E-state index in [0.29, 0.717) is 28.5 Å². The van der Waals surface area contributed by atoms with Crippen LogP contribution in [0.15, 0.2) is 77.2 Å². The number of aromatic nitrogens is 4. The fraction of sp³-hybridized carbons (Fsp3) is 0.373. The fourth-order valence-electron chi connectivity index (χ4n) is 8.75. The molecule has 0 radical (unpaired) electrons. The van der Waals surface area contributed by atoms with Crippen molar-refractivity contribution >= 4 is 52.1 Å². The van der Waals surface area contributed by atoms with Gasteiger partial charge in [-0.3, -0.25) is 28.7 Å². The van der Waals surface area contributed by atoms with Gasteiger partial charge < -0.3 is 30.1 Å². The van der Waals surface area contributed by atoms with Gasteiger partial charge in [0, 0.05) is 29.0 Å². The highest BCUT2D eigenvalue weighted by Gasteiger charge is 2.45. The third-order valence-corrected chi connectivity index (χ3v) is 14.8. The van der Waals surface area contributed by atoms with Crippen LogP contribution in [0.5, 0.6) is 5.75 Å². The maximum Gasteiger partial charge on any atom is 0.308 e. The highest BCUT2D eigenvalue weighted by atomic mass is 32.1. The number of thiophene rings is 1. The van der Waals surface area contributed by atoms with Crippen LogP contribution in [0.1, 0.15) is 97.1 Å². The lowest BCUT2D eigenvalue weighted by Crippen LogP contribution is -2.58. The van der Waals surface area contributed by atoms with Gasteiger partial charge >= 0.3 is 5.97 Å². The number of aliphatic imine (C=N–C) groups is 1. The van der Waals surface area contributed by atoms with Crippen molar-refractivity contribution in [3.8, 4) is 32.3 Å². The minimum atomic E-state index is -1.10. The van der Waals surface area contributed by atoms with Crippen molar-refractivity contribution in [3.63, 3.8) is 0 Å². The normalized spacial score (nSPS) is 17.5. The molecule has 3 amide bonds. The van der Waals surface area contributed by atoms with Gasteiger partial charge in [0.15, 0.2) is 24.0 Å². The molecule has 3 aromatic carbocycles. The monoisotopic (exact) mass is 974 g/mol. The number of amides is 3. The highest BCUT2D eigenvalue weighted by molar-refractivity contribution is 7.15. The minimum Gasteiger partial charge on any atom is -0.481 e. The van der Waals surface area contributed by atoms with Crippen LogP contribution in [0.3, 0.4) is 0 Å². The molecule has 3 aromatic heterocycles. The third kappa shape index (κ3) is 10.1. The van der Waals surface area contributed by atoms with Gasteiger partial charge in [-0.15, -0.1) is 32.9 Å². The van der Waals surface area contributed by atoms with Crippen LogP contribution in [0.25, 0.3) is 26.6 Å². The number of benzene rings is 3. The first-order valence-electron chi connectivity index (χ1n) is 22.6. The van der Waals surface area contributed by atoms with Crippen LogP contribution in [0.4, 0.5) is 4.39 Å². The number of halogens is 1. The maximum absolute atomic E-state index is 15.7. The number of carbonyl (C=O) groups excluding carboxylic acids is 4. The summed E-state index contributed by atoms with van der Waals surface area (Å²) in [4.78, 5) is 66.9. The maximum atomic E-state index is 15.7. The molecule has 3 N–H and O–H groups in total. The van der Waals surface area contributed by atoms with E-state index in [1.807, 2.05) is 87.7 Å². The Hall–Kier alpha value is -6.63. The number of hydrogen-bond donors (Lipinski definition) is 3. The SMILES string of the molecule is COC(=O)C[C@@H]1N=C(c2ccc(-c3ccc(OCC(=O)NC(C(=O)N4C[C@H](O)C[C@H]4C(=O)N[C@@H](C)c4ccc(-c5scnc5C)cc4)C(C)(C)C)c(F)c3)cc2)c2c(sc(C)c2C)-n2c(C)nnc21. The number of β-amino-alcohol motifs (C(OH)–C–C–N with tert-alkyl or cyclic N) is 1. The van der Waals surface area contributed by atoms with Crippen molar-refractivity contribution in [2.45, 2.75) is 98.5 Å². The van der Waals surface area contributed by atoms with Gasteiger partial charge in [0.25, 0.3) is 5.91 Å². The number of hydrogen-bond acceptors (Lipinski definition) is 13. The van der Waals surface area contributed by atoms with Gasteiger partial charge in [-0.05, 0) is 80.0 Å². The molecule has 1 fully saturated rings. The van der Waals surface area contributed by atoms with Crippen molar-refractivity contribution in [3.05, 3.63) is 123 Å². The van der Waals surface area contributed by atoms with Crippen molar-refractivity contribution < 1.29 is 38.1 Å². The second kappa shape index (κ2) is 19.8. The number of likely N-dealkylation sites (tertiary alicyclic amines) is 1. The van der Waals surface area contributed by atoms with E-state index in [4.69, 9.17) is 14.5 Å². The number of ether oxygens (including phenoxy) is 2. The highest BCUT2D eigenvalue weighted by Crippen LogP contribution is 2.40. The van der Waals surface area contributed by atoms with Crippen molar-refractivity contribution in [2.75, 3.05) is 20.3 Å². The number of methoxy groups -OCH3 is 1. The van der Waals surface area contributed by atoms with E-state index >= 15 is 4.39 Å². The van der Waals surface area contributed by atoms with E-state index in [2.05, 4.69) is 25.8 Å². The molecule has 15 nitrogen and oxygen atoms in total. The molecule has 8 rings (SSSR count). The van der Waals surface area contributed by atoms with Crippen molar-refractivity contribution in [1.82, 2.24) is 35.3 Å². The number of nitrogens with one attached hydrogen (secondary N) is 2. The summed E-state index contributed by atoms with van der Waals surface area (Å²) >= 11 is 3.16. The number of nitrogens with zero attached hydrogens (tertiary/aromatic N) is 6. The molecule has 0 spiro atoms. The zero-order valence-corrected chi connectivity index (χ0v) is 41.6. The van der Waals surface area contributed by atoms with E-state index in [-0.39, 0.29) is 25.1 Å². The molecule has 6 aromatic rings. The Bertz CT molecular complexity index is 2960. The van der Waals surface area contributed by atoms with Gasteiger partial charge in [0.2, 0.25) is 11.8 Å². The average molecular weight is 975 g/mol. The number of aryl methyl sites for hydroxylation is 3. The number of thiazole rings is 1. The first-order chi connectivity index (χ1) is 32.8. The third-order valence-electron chi connectivity index (χ3n) is 12.7. The van der Waals surface area contributed by atoms with Crippen LogP contribution in [-0.4, -0.2) is 97.6 Å². The smallest absolute Gasteiger partial charge is 0.308 e. The molecule has 0 saturated carbocycles. The lowest BCUT2D eigenvalue weighted by atomic mass is 9.85. The first kappa shape index (κ1) is 48.8. The zero-order chi connectivity index (χ0) is 49.5. The predicted molar refractivity (Wildman–Crippen MR) is 262 cm³/mol. The quantitative estimate of drug-likeness (QED) is 0.0968. The van der Waals surface area contributed by atoms with E-state index in [0.717, 1.165) is 48.3 Å². The molecule has 2 aliphatic heterocycles. The molecular weight excluding hydrogens is 920 g/mol. The lowest BCUT2D eigenvalue weighted by molar-refractivity contribution is -0.144. The summed E-state index contributed by atoms with van der Waals surface area (Å²) < 4.78 is 28.3. The van der Waals surface area contributed by atoms with Crippen molar-refractivity contribution in [2.24, 2.45) is 10.4 Å². The number of aliphatic hydroxyl groups is 1. The molecule has 5 heterocycles. The average Bonchev–Trinajstić information content (AvgIpc) is 4.09. The lowest BCUT2D eigenvalue weighted by Gasteiger charge is -2.35. The molecule has 0 bridgehead atoms. The summed E-state index contributed by atoms with van der Waals surface area (Å²) in [6.45, 7) is 14.4. The Morgan fingerprint density at radius 2 is 1.61 bits per heavy atom. The van der Waals surface area contributed by atoms with Crippen LogP contribution in [0.2, 0.25) is 0 Å². The number of carbonyl (C=O) groups is 4. The summed E-state index contributed by atoms with van der Waals surface area (Å²) in [5, 5.41) is 26.1. The van der Waals surface area contributed by atoms with E-state index in [9.17, 15) is 24.3 Å². The topological polar surface area (TPSA) is 190 Å². The molecule has 1 saturated heterocycles. The number of rotatable bonds is 13. The predicted octanol–water partition coefficient (Wildman–Crippen LogP) is 7.70. The summed E-state index contributed by atoms with van der Waals surface area (Å²) in [6.07, 6.45) is -0.925. The second-order valence-electron chi connectivity index (χ2n) is 18.6. The Balaban J connectivity index is 0.921. The number of fused-ring (bicyclic) bond motifs is 3. The molecule has 5 atom stereocenters. The van der Waals surface area contributed by atoms with Crippen LogP contribution < -0.4 is 15.4 Å². The Morgan fingerprint density at radius 1 is 0.928 bits per heavy atom. The standard InChI is InChI=1S/C51H55FN8O7S2/c1-26-29(4)69-50-43(26)44(55-38(22-42(63)66-9)47-58-57-30(5)60(47)50)33-14-12-32(13-15-33)35-18-19-40(37(52)20-35)67-24-41(62)56-46(51(6,7)8)49(65)59-23-36(61)21-39(59)48(64)54-27(2)31-10-16-34(17-11-31)45-28(3)53-25-68-45/h10-20,25,27,36,38-39,46,61H,21-24H2,1-9H3,(H,54,64)(H,56,62)/t27-,36+,38-,39-,46?/m0/s1. The zero-order valence-electron chi connectivity index (χ0n) is 39.9. The number of aliphatic hydroxyl groups excluding tert-OH is 1. The van der Waals surface area contributed by atoms with E-state index < -0.39 is 71.8 Å². The Morgan fingerprint density at radius 3 is 2.26 bits per heavy atom. The molecule has 0 aliphatic carbocycles.